The highest BCUT2D eigenvalue weighted by molar-refractivity contribution is 7.99. The summed E-state index contributed by atoms with van der Waals surface area (Å²) in [5.74, 6) is -0.0111. The van der Waals surface area contributed by atoms with Crippen LogP contribution in [-0.4, -0.2) is 52.7 Å². The fourth-order valence-electron chi connectivity index (χ4n) is 2.57. The van der Waals surface area contributed by atoms with Gasteiger partial charge in [0, 0.05) is 24.7 Å². The van der Waals surface area contributed by atoms with E-state index < -0.39 is 5.82 Å². The van der Waals surface area contributed by atoms with Gasteiger partial charge in [-0.05, 0) is 25.1 Å². The fraction of sp³-hybridized carbons (Fsp3) is 0.438. The van der Waals surface area contributed by atoms with Crippen LogP contribution in [0.15, 0.2) is 23.4 Å². The van der Waals surface area contributed by atoms with Crippen LogP contribution in [0.25, 0.3) is 0 Å². The number of hydrogen-bond acceptors (Lipinski definition) is 6. The molecule has 0 bridgehead atoms. The van der Waals surface area contributed by atoms with Crippen LogP contribution in [0.5, 0.6) is 0 Å². The topological polar surface area (TPSA) is 72.3 Å². The first-order chi connectivity index (χ1) is 12.6. The molecule has 2 aromatic rings. The van der Waals surface area contributed by atoms with Crippen LogP contribution in [0.1, 0.15) is 6.92 Å². The average molecular weight is 400 g/mol. The monoisotopic (exact) mass is 399 g/mol. The standard InChI is InChI=1S/C16H19ClFN5O2S/c1-2-23-15(22-5-7-25-8-6-22)20-21-16(23)26-10-14(24)19-13-4-3-11(17)9-12(13)18/h3-4,9H,2,5-8,10H2,1H3,(H,19,24). The van der Waals surface area contributed by atoms with Crippen molar-refractivity contribution in [3.05, 3.63) is 29.0 Å². The molecule has 1 aliphatic rings. The van der Waals surface area contributed by atoms with E-state index in [4.69, 9.17) is 16.3 Å². The highest BCUT2D eigenvalue weighted by Crippen LogP contribution is 2.23. The molecule has 140 valence electrons. The molecule has 0 unspecified atom stereocenters. The number of ether oxygens (including phenoxy) is 1. The highest BCUT2D eigenvalue weighted by Gasteiger charge is 2.20. The lowest BCUT2D eigenvalue weighted by molar-refractivity contribution is -0.113. The molecule has 0 aliphatic carbocycles. The number of hydrogen-bond donors (Lipinski definition) is 1. The van der Waals surface area contributed by atoms with Crippen LogP contribution >= 0.6 is 23.4 Å². The van der Waals surface area contributed by atoms with Gasteiger partial charge < -0.3 is 15.0 Å². The lowest BCUT2D eigenvalue weighted by Gasteiger charge is -2.27. The molecule has 1 fully saturated rings. The Morgan fingerprint density at radius 1 is 1.38 bits per heavy atom. The molecular weight excluding hydrogens is 381 g/mol. The lowest BCUT2D eigenvalue weighted by Crippen LogP contribution is -2.38. The van der Waals surface area contributed by atoms with E-state index in [-0.39, 0.29) is 22.4 Å². The molecule has 0 radical (unpaired) electrons. The molecule has 7 nitrogen and oxygen atoms in total. The molecule has 0 atom stereocenters. The van der Waals surface area contributed by atoms with Crippen molar-refractivity contribution in [3.8, 4) is 0 Å². The second kappa shape index (κ2) is 8.70. The first-order valence-corrected chi connectivity index (χ1v) is 9.58. The Bertz CT molecular complexity index is 782. The number of morpholine rings is 1. The van der Waals surface area contributed by atoms with E-state index in [0.717, 1.165) is 25.1 Å². The predicted molar refractivity (Wildman–Crippen MR) is 99.5 cm³/mol. The summed E-state index contributed by atoms with van der Waals surface area (Å²) in [5.41, 5.74) is 0.103. The first-order valence-electron chi connectivity index (χ1n) is 8.22. The van der Waals surface area contributed by atoms with Crippen LogP contribution in [0.3, 0.4) is 0 Å². The van der Waals surface area contributed by atoms with Gasteiger partial charge in [-0.2, -0.15) is 0 Å². The Kier molecular flexibility index (Phi) is 6.33. The normalized spacial score (nSPS) is 14.5. The molecule has 1 N–H and O–H groups in total. The van der Waals surface area contributed by atoms with Gasteiger partial charge in [0.15, 0.2) is 5.16 Å². The zero-order valence-corrected chi connectivity index (χ0v) is 15.8. The second-order valence-corrected chi connectivity index (χ2v) is 6.97. The molecule has 10 heteroatoms. The van der Waals surface area contributed by atoms with E-state index in [1.165, 1.54) is 23.9 Å². The summed E-state index contributed by atoms with van der Waals surface area (Å²) in [7, 11) is 0. The van der Waals surface area contributed by atoms with Crippen LogP contribution < -0.4 is 10.2 Å². The van der Waals surface area contributed by atoms with Gasteiger partial charge in [0.05, 0.1) is 24.7 Å². The molecule has 26 heavy (non-hydrogen) atoms. The van der Waals surface area contributed by atoms with Crippen molar-refractivity contribution in [1.29, 1.82) is 0 Å². The number of carbonyl (C=O) groups is 1. The lowest BCUT2D eigenvalue weighted by atomic mass is 10.3. The Morgan fingerprint density at radius 2 is 2.15 bits per heavy atom. The molecule has 0 spiro atoms. The Labute approximate surface area is 159 Å². The van der Waals surface area contributed by atoms with Crippen LogP contribution in [-0.2, 0) is 16.1 Å². The minimum atomic E-state index is -0.567. The van der Waals surface area contributed by atoms with E-state index in [1.54, 1.807) is 0 Å². The maximum atomic E-state index is 13.8. The number of aromatic nitrogens is 3. The maximum absolute atomic E-state index is 13.8. The van der Waals surface area contributed by atoms with Gasteiger partial charge in [0.2, 0.25) is 11.9 Å². The zero-order chi connectivity index (χ0) is 18.5. The van der Waals surface area contributed by atoms with Crippen molar-refractivity contribution < 1.29 is 13.9 Å². The SMILES string of the molecule is CCn1c(SCC(=O)Nc2ccc(Cl)cc2F)nnc1N1CCOCC1. The quantitative estimate of drug-likeness (QED) is 0.753. The number of anilines is 2. The molecule has 0 saturated carbocycles. The highest BCUT2D eigenvalue weighted by atomic mass is 35.5. The summed E-state index contributed by atoms with van der Waals surface area (Å²) in [6, 6.07) is 4.12. The third kappa shape index (κ3) is 4.46. The largest absolute Gasteiger partial charge is 0.378 e. The predicted octanol–water partition coefficient (Wildman–Crippen LogP) is 2.66. The summed E-state index contributed by atoms with van der Waals surface area (Å²) < 4.78 is 21.1. The van der Waals surface area contributed by atoms with Crippen LogP contribution in [0.2, 0.25) is 5.02 Å². The number of rotatable bonds is 6. The van der Waals surface area contributed by atoms with Crippen molar-refractivity contribution in [1.82, 2.24) is 14.8 Å². The van der Waals surface area contributed by atoms with Crippen LogP contribution in [0.4, 0.5) is 16.0 Å². The molecule has 1 amide bonds. The number of nitrogens with one attached hydrogen (secondary N) is 1. The van der Waals surface area contributed by atoms with E-state index in [0.29, 0.717) is 24.9 Å². The van der Waals surface area contributed by atoms with Crippen molar-refractivity contribution >= 4 is 40.9 Å². The van der Waals surface area contributed by atoms with Crippen LogP contribution in [0, 0.1) is 5.82 Å². The van der Waals surface area contributed by atoms with E-state index in [9.17, 15) is 9.18 Å². The summed E-state index contributed by atoms with van der Waals surface area (Å²) in [4.78, 5) is 14.2. The van der Waals surface area contributed by atoms with E-state index in [1.807, 2.05) is 11.5 Å². The average Bonchev–Trinajstić information content (AvgIpc) is 3.06. The third-order valence-corrected chi connectivity index (χ3v) is 5.05. The first kappa shape index (κ1) is 18.9. The van der Waals surface area contributed by atoms with E-state index >= 15 is 0 Å². The molecule has 3 rings (SSSR count). The Morgan fingerprint density at radius 3 is 2.85 bits per heavy atom. The van der Waals surface area contributed by atoms with Gasteiger partial charge in [-0.15, -0.1) is 10.2 Å². The van der Waals surface area contributed by atoms with Crippen molar-refractivity contribution in [3.63, 3.8) is 0 Å². The third-order valence-electron chi connectivity index (χ3n) is 3.85. The van der Waals surface area contributed by atoms with Gasteiger partial charge in [0.25, 0.3) is 0 Å². The molecule has 1 aliphatic heterocycles. The van der Waals surface area contributed by atoms with Gasteiger partial charge in [0.1, 0.15) is 5.82 Å². The zero-order valence-electron chi connectivity index (χ0n) is 14.2. The Balaban J connectivity index is 1.62. The number of benzene rings is 1. The molecule has 1 aromatic heterocycles. The van der Waals surface area contributed by atoms with Gasteiger partial charge >= 0.3 is 0 Å². The van der Waals surface area contributed by atoms with Crippen molar-refractivity contribution in [2.45, 2.75) is 18.6 Å². The van der Waals surface area contributed by atoms with Gasteiger partial charge in [-0.3, -0.25) is 9.36 Å². The second-order valence-electron chi connectivity index (χ2n) is 5.59. The van der Waals surface area contributed by atoms with Gasteiger partial charge in [-0.25, -0.2) is 4.39 Å². The number of nitrogens with zero attached hydrogens (tertiary/aromatic N) is 4. The molecule has 1 saturated heterocycles. The van der Waals surface area contributed by atoms with Crippen molar-refractivity contribution in [2.75, 3.05) is 42.3 Å². The molecular formula is C16H19ClFN5O2S. The summed E-state index contributed by atoms with van der Waals surface area (Å²) >= 11 is 6.97. The summed E-state index contributed by atoms with van der Waals surface area (Å²) in [6.07, 6.45) is 0. The molecule has 1 aromatic carbocycles. The fourth-order valence-corrected chi connectivity index (χ4v) is 3.53. The number of amides is 1. The Hall–Kier alpha value is -1.84. The number of carbonyl (C=O) groups excluding carboxylic acids is 1. The molecule has 2 heterocycles. The van der Waals surface area contributed by atoms with Crippen molar-refractivity contribution in [2.24, 2.45) is 0 Å². The smallest absolute Gasteiger partial charge is 0.234 e. The number of halogens is 2. The summed E-state index contributed by atoms with van der Waals surface area (Å²) in [6.45, 7) is 5.54. The van der Waals surface area contributed by atoms with E-state index in [2.05, 4.69) is 20.4 Å². The minimum Gasteiger partial charge on any atom is -0.378 e. The minimum absolute atomic E-state index is 0.101. The number of thioether (sulfide) groups is 1. The van der Waals surface area contributed by atoms with Gasteiger partial charge in [-0.1, -0.05) is 23.4 Å². The maximum Gasteiger partial charge on any atom is 0.234 e. The summed E-state index contributed by atoms with van der Waals surface area (Å²) in [5, 5.41) is 11.9.